The summed E-state index contributed by atoms with van der Waals surface area (Å²) in [5.41, 5.74) is 6.15. The maximum absolute atomic E-state index is 11.7. The van der Waals surface area contributed by atoms with Gasteiger partial charge in [0.2, 0.25) is 0 Å². The van der Waals surface area contributed by atoms with Crippen LogP contribution >= 0.6 is 0 Å². The van der Waals surface area contributed by atoms with Crippen molar-refractivity contribution in [3.8, 4) is 5.75 Å². The molecule has 0 bridgehead atoms. The largest absolute Gasteiger partial charge is 0.484 e. The first-order valence-corrected chi connectivity index (χ1v) is 6.24. The number of rotatable bonds is 6. The maximum atomic E-state index is 11.7. The number of ether oxygens (including phenoxy) is 1. The van der Waals surface area contributed by atoms with Crippen molar-refractivity contribution >= 4 is 11.6 Å². The fourth-order valence-corrected chi connectivity index (χ4v) is 1.28. The number of anilines is 1. The highest BCUT2D eigenvalue weighted by Crippen LogP contribution is 2.14. The lowest BCUT2D eigenvalue weighted by Gasteiger charge is -2.32. The number of carbonyl (C=O) groups excluding carboxylic acids is 1. The zero-order valence-corrected chi connectivity index (χ0v) is 12.1. The molecule has 0 aromatic heterocycles. The summed E-state index contributed by atoms with van der Waals surface area (Å²) in [5, 5.41) is 2.85. The van der Waals surface area contributed by atoms with Crippen molar-refractivity contribution in [1.29, 1.82) is 0 Å². The van der Waals surface area contributed by atoms with Gasteiger partial charge in [-0.05, 0) is 40.1 Å². The molecule has 0 aliphatic heterocycles. The average molecular weight is 265 g/mol. The average Bonchev–Trinajstić information content (AvgIpc) is 2.34. The van der Waals surface area contributed by atoms with Gasteiger partial charge in [0, 0.05) is 23.8 Å². The van der Waals surface area contributed by atoms with Gasteiger partial charge in [-0.25, -0.2) is 0 Å². The molecule has 106 valence electrons. The van der Waals surface area contributed by atoms with Gasteiger partial charge >= 0.3 is 0 Å². The Morgan fingerprint density at radius 2 is 2.11 bits per heavy atom. The summed E-state index contributed by atoms with van der Waals surface area (Å²) in [6, 6.07) is 7.02. The van der Waals surface area contributed by atoms with Crippen molar-refractivity contribution in [2.45, 2.75) is 19.4 Å². The standard InChI is InChI=1S/C14H23N3O2/c1-14(2,17(3)4)10-16-13(18)9-19-12-7-5-6-11(15)8-12/h5-8H,9-10,15H2,1-4H3,(H,16,18). The van der Waals surface area contributed by atoms with Gasteiger partial charge in [0.15, 0.2) is 6.61 Å². The van der Waals surface area contributed by atoms with Crippen molar-refractivity contribution in [2.75, 3.05) is 33.0 Å². The Labute approximate surface area is 114 Å². The molecule has 0 aliphatic rings. The molecule has 5 nitrogen and oxygen atoms in total. The van der Waals surface area contributed by atoms with Crippen LogP contribution in [0.3, 0.4) is 0 Å². The smallest absolute Gasteiger partial charge is 0.258 e. The first kappa shape index (κ1) is 15.3. The van der Waals surface area contributed by atoms with Gasteiger partial charge in [0.1, 0.15) is 5.75 Å². The zero-order chi connectivity index (χ0) is 14.5. The van der Waals surface area contributed by atoms with Gasteiger partial charge < -0.3 is 20.7 Å². The molecule has 0 heterocycles. The second-order valence-electron chi connectivity index (χ2n) is 5.34. The molecular weight excluding hydrogens is 242 g/mol. The van der Waals surface area contributed by atoms with Crippen LogP contribution in [0.1, 0.15) is 13.8 Å². The molecule has 0 fully saturated rings. The third-order valence-electron chi connectivity index (χ3n) is 3.16. The monoisotopic (exact) mass is 265 g/mol. The lowest BCUT2D eigenvalue weighted by Crippen LogP contribution is -2.48. The highest BCUT2D eigenvalue weighted by molar-refractivity contribution is 5.77. The first-order chi connectivity index (χ1) is 8.81. The van der Waals surface area contributed by atoms with Gasteiger partial charge in [-0.15, -0.1) is 0 Å². The molecule has 0 saturated carbocycles. The van der Waals surface area contributed by atoms with Crippen molar-refractivity contribution in [1.82, 2.24) is 10.2 Å². The molecule has 1 aromatic carbocycles. The van der Waals surface area contributed by atoms with E-state index in [1.54, 1.807) is 24.3 Å². The zero-order valence-electron chi connectivity index (χ0n) is 12.1. The van der Waals surface area contributed by atoms with Crippen LogP contribution < -0.4 is 15.8 Å². The summed E-state index contributed by atoms with van der Waals surface area (Å²) in [5.74, 6) is 0.458. The maximum Gasteiger partial charge on any atom is 0.258 e. The molecule has 19 heavy (non-hydrogen) atoms. The van der Waals surface area contributed by atoms with Gasteiger partial charge in [0.25, 0.3) is 5.91 Å². The van der Waals surface area contributed by atoms with Crippen molar-refractivity contribution in [2.24, 2.45) is 0 Å². The van der Waals surface area contributed by atoms with Crippen molar-refractivity contribution < 1.29 is 9.53 Å². The Morgan fingerprint density at radius 3 is 2.68 bits per heavy atom. The van der Waals surface area contributed by atoms with Crippen molar-refractivity contribution in [3.63, 3.8) is 0 Å². The van der Waals surface area contributed by atoms with E-state index in [2.05, 4.69) is 24.1 Å². The quantitative estimate of drug-likeness (QED) is 0.756. The first-order valence-electron chi connectivity index (χ1n) is 6.24. The van der Waals surface area contributed by atoms with Crippen LogP contribution in [0.2, 0.25) is 0 Å². The summed E-state index contributed by atoms with van der Waals surface area (Å²) in [4.78, 5) is 13.7. The molecule has 0 radical (unpaired) electrons. The van der Waals surface area contributed by atoms with E-state index in [0.29, 0.717) is 18.0 Å². The van der Waals surface area contributed by atoms with E-state index in [1.807, 2.05) is 14.1 Å². The van der Waals surface area contributed by atoms with E-state index < -0.39 is 0 Å². The number of benzene rings is 1. The summed E-state index contributed by atoms with van der Waals surface area (Å²) in [6.07, 6.45) is 0. The van der Waals surface area contributed by atoms with E-state index in [0.717, 1.165) is 0 Å². The molecular formula is C14H23N3O2. The summed E-state index contributed by atoms with van der Waals surface area (Å²) < 4.78 is 5.37. The number of nitrogen functional groups attached to an aromatic ring is 1. The third kappa shape index (κ3) is 5.18. The van der Waals surface area contributed by atoms with E-state index in [9.17, 15) is 4.79 Å². The fourth-order valence-electron chi connectivity index (χ4n) is 1.28. The normalized spacial score (nSPS) is 11.4. The molecule has 5 heteroatoms. The Bertz CT molecular complexity index is 430. The molecule has 0 spiro atoms. The topological polar surface area (TPSA) is 67.6 Å². The van der Waals surface area contributed by atoms with Crippen LogP contribution in [0.5, 0.6) is 5.75 Å². The molecule has 0 atom stereocenters. The Kier molecular flexibility index (Phi) is 5.18. The summed E-state index contributed by atoms with van der Waals surface area (Å²) in [6.45, 7) is 4.68. The lowest BCUT2D eigenvalue weighted by molar-refractivity contribution is -0.123. The number of hydrogen-bond acceptors (Lipinski definition) is 4. The number of carbonyl (C=O) groups is 1. The minimum absolute atomic E-state index is 0.00698. The highest BCUT2D eigenvalue weighted by Gasteiger charge is 2.20. The summed E-state index contributed by atoms with van der Waals surface area (Å²) in [7, 11) is 3.96. The van der Waals surface area contributed by atoms with E-state index in [1.165, 1.54) is 0 Å². The van der Waals surface area contributed by atoms with Crippen molar-refractivity contribution in [3.05, 3.63) is 24.3 Å². The van der Waals surface area contributed by atoms with Gasteiger partial charge in [-0.3, -0.25) is 4.79 Å². The Morgan fingerprint density at radius 1 is 1.42 bits per heavy atom. The minimum atomic E-state index is -0.141. The third-order valence-corrected chi connectivity index (χ3v) is 3.16. The van der Waals surface area contributed by atoms with Crippen LogP contribution in [0.25, 0.3) is 0 Å². The number of hydrogen-bond donors (Lipinski definition) is 2. The molecule has 3 N–H and O–H groups in total. The summed E-state index contributed by atoms with van der Waals surface area (Å²) >= 11 is 0. The van der Waals surface area contributed by atoms with E-state index >= 15 is 0 Å². The van der Waals surface area contributed by atoms with Crippen LogP contribution in [0, 0.1) is 0 Å². The minimum Gasteiger partial charge on any atom is -0.484 e. The molecule has 0 saturated heterocycles. The Balaban J connectivity index is 2.36. The fraction of sp³-hybridized carbons (Fsp3) is 0.500. The number of nitrogens with two attached hydrogens (primary N) is 1. The second-order valence-corrected chi connectivity index (χ2v) is 5.34. The highest BCUT2D eigenvalue weighted by atomic mass is 16.5. The Hall–Kier alpha value is -1.75. The number of nitrogens with zero attached hydrogens (tertiary/aromatic N) is 1. The van der Waals surface area contributed by atoms with Crippen LogP contribution in [-0.4, -0.2) is 43.6 Å². The van der Waals surface area contributed by atoms with Crippen LogP contribution in [0.15, 0.2) is 24.3 Å². The molecule has 0 aliphatic carbocycles. The van der Waals surface area contributed by atoms with E-state index in [4.69, 9.17) is 10.5 Å². The van der Waals surface area contributed by atoms with E-state index in [-0.39, 0.29) is 18.1 Å². The van der Waals surface area contributed by atoms with Crippen LogP contribution in [-0.2, 0) is 4.79 Å². The number of nitrogens with one attached hydrogen (secondary N) is 1. The van der Waals surface area contributed by atoms with Gasteiger partial charge in [-0.2, -0.15) is 0 Å². The SMILES string of the molecule is CN(C)C(C)(C)CNC(=O)COc1cccc(N)c1. The van der Waals surface area contributed by atoms with Crippen LogP contribution in [0.4, 0.5) is 5.69 Å². The molecule has 1 aromatic rings. The number of amides is 1. The lowest BCUT2D eigenvalue weighted by atomic mass is 10.0. The molecule has 0 unspecified atom stereocenters. The second kappa shape index (κ2) is 6.43. The predicted octanol–water partition coefficient (Wildman–Crippen LogP) is 1.10. The number of likely N-dealkylation sites (N-methyl/N-ethyl adjacent to an activating group) is 1. The van der Waals surface area contributed by atoms with Gasteiger partial charge in [0.05, 0.1) is 0 Å². The molecule has 1 rings (SSSR count). The predicted molar refractivity (Wildman–Crippen MR) is 77.1 cm³/mol. The molecule has 1 amide bonds. The van der Waals surface area contributed by atoms with Gasteiger partial charge in [-0.1, -0.05) is 6.07 Å².